The Balaban J connectivity index is 1.04. The fraction of sp³-hybridized carbons (Fsp3) is 0.159. The number of ether oxygens (including phenoxy) is 1. The summed E-state index contributed by atoms with van der Waals surface area (Å²) < 4.78 is 9.56. The van der Waals surface area contributed by atoms with Crippen LogP contribution in [0.3, 0.4) is 0 Å². The second-order valence-electron chi connectivity index (χ2n) is 13.1. The van der Waals surface area contributed by atoms with E-state index in [0.717, 1.165) is 33.5 Å². The van der Waals surface area contributed by atoms with E-state index >= 15 is 0 Å². The summed E-state index contributed by atoms with van der Waals surface area (Å²) in [6, 6.07) is 45.1. The monoisotopic (exact) mass is 744 g/mol. The van der Waals surface area contributed by atoms with Crippen molar-refractivity contribution in [1.82, 2.24) is 24.6 Å². The third kappa shape index (κ3) is 7.60. The molecule has 5 aromatic carbocycles. The van der Waals surface area contributed by atoms with E-state index in [2.05, 4.69) is 98.1 Å². The number of carboxylic acids is 1. The number of isocyanates is 1. The molecule has 0 bridgehead atoms. The van der Waals surface area contributed by atoms with Gasteiger partial charge in [-0.2, -0.15) is 10.1 Å². The minimum absolute atomic E-state index is 0.185. The summed E-state index contributed by atoms with van der Waals surface area (Å²) in [5.74, 6) is -1.66. The van der Waals surface area contributed by atoms with Gasteiger partial charge in [0.1, 0.15) is 5.54 Å². The number of rotatable bonds is 17. The van der Waals surface area contributed by atoms with Gasteiger partial charge in [-0.15, -0.1) is 0 Å². The van der Waals surface area contributed by atoms with Crippen LogP contribution in [0.5, 0.6) is 0 Å². The third-order valence-electron chi connectivity index (χ3n) is 9.66. The van der Waals surface area contributed by atoms with Crippen molar-refractivity contribution in [3.63, 3.8) is 0 Å². The topological polar surface area (TPSA) is 156 Å². The van der Waals surface area contributed by atoms with Crippen molar-refractivity contribution in [1.29, 1.82) is 0 Å². The molecule has 0 spiro atoms. The van der Waals surface area contributed by atoms with Gasteiger partial charge >= 0.3 is 0 Å². The van der Waals surface area contributed by atoms with Crippen LogP contribution in [0.2, 0.25) is 0 Å². The van der Waals surface area contributed by atoms with Gasteiger partial charge in [0, 0.05) is 36.4 Å². The fourth-order valence-corrected chi connectivity index (χ4v) is 6.95. The van der Waals surface area contributed by atoms with Gasteiger partial charge in [0.05, 0.1) is 30.8 Å². The molecule has 1 atom stereocenters. The highest BCUT2D eigenvalue weighted by molar-refractivity contribution is 5.98. The lowest BCUT2D eigenvalue weighted by Gasteiger charge is -2.38. The molecule has 0 aliphatic heterocycles. The standard InChI is InChI=1S/C44H39N7O5/c52-32-48-43(41(54)55,56-30-33-14-5-1-6-15-33)31-47-40(53)34-22-23-39-35(28-34)29-49-51(39)26-13-24-45-42-46-25-27-50(42)44(36-16-7-2-8-17-36,37-18-9-3-10-19-37)38-20-11-4-12-21-38/h1-12,14-23,25,27-29H,13,24,26,30-31H2,(H,45,46)(H,47,53)(H,54,55)/p-1. The second-order valence-corrected chi connectivity index (χ2v) is 13.1. The number of carboxylic acid groups (broad SMARTS) is 1. The van der Waals surface area contributed by atoms with Gasteiger partial charge in [0.2, 0.25) is 17.8 Å². The number of nitrogens with zero attached hydrogens (tertiary/aromatic N) is 5. The number of fused-ring (bicyclic) bond motifs is 1. The zero-order chi connectivity index (χ0) is 38.8. The van der Waals surface area contributed by atoms with Gasteiger partial charge in [-0.25, -0.2) is 9.78 Å². The lowest BCUT2D eigenvalue weighted by molar-refractivity contribution is -0.327. The van der Waals surface area contributed by atoms with E-state index in [9.17, 15) is 19.5 Å². The molecule has 0 saturated carbocycles. The van der Waals surface area contributed by atoms with E-state index in [-0.39, 0.29) is 12.2 Å². The summed E-state index contributed by atoms with van der Waals surface area (Å²) in [5.41, 5.74) is 1.85. The normalized spacial score (nSPS) is 12.4. The quantitative estimate of drug-likeness (QED) is 0.0551. The number of nitrogens with one attached hydrogen (secondary N) is 2. The van der Waals surface area contributed by atoms with Crippen molar-refractivity contribution in [3.8, 4) is 0 Å². The van der Waals surface area contributed by atoms with Gasteiger partial charge in [0.15, 0.2) is 0 Å². The van der Waals surface area contributed by atoms with Crippen molar-refractivity contribution < 1.29 is 24.2 Å². The summed E-state index contributed by atoms with van der Waals surface area (Å²) in [7, 11) is 0. The Hall–Kier alpha value is -7.14. The maximum atomic E-state index is 13.2. The molecule has 2 aromatic heterocycles. The average Bonchev–Trinajstić information content (AvgIpc) is 3.89. The molecule has 12 heteroatoms. The summed E-state index contributed by atoms with van der Waals surface area (Å²) in [4.78, 5) is 44.6. The van der Waals surface area contributed by atoms with Crippen molar-refractivity contribution in [2.45, 2.75) is 30.8 Å². The molecule has 2 N–H and O–H groups in total. The second kappa shape index (κ2) is 16.9. The number of hydrogen-bond donors (Lipinski definition) is 2. The Kier molecular flexibility index (Phi) is 11.2. The number of anilines is 1. The molecule has 7 rings (SSSR count). The lowest BCUT2D eigenvalue weighted by atomic mass is 9.76. The maximum Gasteiger partial charge on any atom is 0.251 e. The average molecular weight is 745 g/mol. The first kappa shape index (κ1) is 37.2. The first-order valence-electron chi connectivity index (χ1n) is 18.1. The highest BCUT2D eigenvalue weighted by atomic mass is 16.5. The molecule has 0 fully saturated rings. The predicted molar refractivity (Wildman–Crippen MR) is 209 cm³/mol. The molecule has 1 amide bonds. The number of amides is 1. The molecule has 2 heterocycles. The molecule has 0 radical (unpaired) electrons. The molecule has 0 aliphatic carbocycles. The smallest absolute Gasteiger partial charge is 0.251 e. The molecule has 7 aromatic rings. The number of aliphatic carboxylic acids is 1. The molecular formula is C44H38N7O5-. The van der Waals surface area contributed by atoms with Crippen molar-refractivity contribution in [3.05, 3.63) is 186 Å². The van der Waals surface area contributed by atoms with Crippen LogP contribution in [0.4, 0.5) is 5.95 Å². The highest BCUT2D eigenvalue weighted by Crippen LogP contribution is 2.42. The predicted octanol–water partition coefficient (Wildman–Crippen LogP) is 5.30. The molecular weight excluding hydrogens is 707 g/mol. The van der Waals surface area contributed by atoms with Crippen LogP contribution >= 0.6 is 0 Å². The number of imidazole rings is 1. The Labute approximate surface area is 323 Å². The van der Waals surface area contributed by atoms with Gasteiger partial charge < -0.3 is 25.3 Å². The molecule has 1 unspecified atom stereocenters. The number of aliphatic imine (C=N–C) groups is 1. The number of carbonyl (C=O) groups excluding carboxylic acids is 3. The number of hydrogen-bond acceptors (Lipinski definition) is 9. The zero-order valence-electron chi connectivity index (χ0n) is 30.3. The van der Waals surface area contributed by atoms with Gasteiger partial charge in [0.25, 0.3) is 5.91 Å². The van der Waals surface area contributed by atoms with E-state index in [1.807, 2.05) is 35.3 Å². The first-order valence-corrected chi connectivity index (χ1v) is 18.1. The Morgan fingerprint density at radius 2 is 1.43 bits per heavy atom. The minimum atomic E-state index is -2.46. The maximum absolute atomic E-state index is 13.2. The molecule has 56 heavy (non-hydrogen) atoms. The van der Waals surface area contributed by atoms with E-state index < -0.39 is 29.7 Å². The van der Waals surface area contributed by atoms with Crippen LogP contribution in [0.15, 0.2) is 163 Å². The van der Waals surface area contributed by atoms with Crippen LogP contribution in [-0.4, -0.2) is 56.1 Å². The number of aromatic nitrogens is 4. The van der Waals surface area contributed by atoms with E-state index in [1.165, 1.54) is 6.08 Å². The van der Waals surface area contributed by atoms with E-state index in [4.69, 9.17) is 9.72 Å². The number of aryl methyl sites for hydroxylation is 1. The van der Waals surface area contributed by atoms with E-state index in [1.54, 1.807) is 54.7 Å². The lowest BCUT2D eigenvalue weighted by Crippen LogP contribution is -2.55. The van der Waals surface area contributed by atoms with Crippen molar-refractivity contribution >= 4 is 34.8 Å². The number of carbonyl (C=O) groups is 2. The number of benzene rings is 5. The van der Waals surface area contributed by atoms with Crippen LogP contribution in [-0.2, 0) is 33.0 Å². The van der Waals surface area contributed by atoms with Gasteiger partial charge in [-0.3, -0.25) is 14.0 Å². The molecule has 12 nitrogen and oxygen atoms in total. The largest absolute Gasteiger partial charge is 0.545 e. The van der Waals surface area contributed by atoms with Crippen LogP contribution in [0, 0.1) is 0 Å². The summed E-state index contributed by atoms with van der Waals surface area (Å²) in [6.07, 6.45) is 7.44. The summed E-state index contributed by atoms with van der Waals surface area (Å²) in [6.45, 7) is 0.348. The SMILES string of the molecule is O=C=NC(CNC(=O)c1ccc2c(cnn2CCCNc2nccn2C(c2ccccc2)(c2ccccc2)c2ccccc2)c1)(OCc1ccccc1)C(=O)[O-]. The van der Waals surface area contributed by atoms with Crippen LogP contribution < -0.4 is 15.7 Å². The Morgan fingerprint density at radius 1 is 0.821 bits per heavy atom. The van der Waals surface area contributed by atoms with Crippen LogP contribution in [0.1, 0.15) is 39.0 Å². The Bertz CT molecular complexity index is 2350. The first-order chi connectivity index (χ1) is 27.4. The van der Waals surface area contributed by atoms with Crippen molar-refractivity contribution in [2.75, 3.05) is 18.4 Å². The molecule has 0 saturated heterocycles. The zero-order valence-corrected chi connectivity index (χ0v) is 30.3. The van der Waals surface area contributed by atoms with Crippen LogP contribution in [0.25, 0.3) is 10.9 Å². The minimum Gasteiger partial charge on any atom is -0.545 e. The molecule has 280 valence electrons. The van der Waals surface area contributed by atoms with E-state index in [0.29, 0.717) is 25.1 Å². The Morgan fingerprint density at radius 3 is 2.02 bits per heavy atom. The summed E-state index contributed by atoms with van der Waals surface area (Å²) in [5, 5.41) is 23.5. The van der Waals surface area contributed by atoms with Gasteiger partial charge in [-0.05, 0) is 46.9 Å². The molecule has 0 aliphatic rings. The fourth-order valence-electron chi connectivity index (χ4n) is 6.95. The highest BCUT2D eigenvalue weighted by Gasteiger charge is 2.40. The van der Waals surface area contributed by atoms with Gasteiger partial charge in [-0.1, -0.05) is 121 Å². The summed E-state index contributed by atoms with van der Waals surface area (Å²) >= 11 is 0. The van der Waals surface area contributed by atoms with Crippen molar-refractivity contribution in [2.24, 2.45) is 4.99 Å². The third-order valence-corrected chi connectivity index (χ3v) is 9.66.